The Kier molecular flexibility index (Phi) is 5.88. The first-order chi connectivity index (χ1) is 12.9. The van der Waals surface area contributed by atoms with Crippen molar-refractivity contribution in [3.63, 3.8) is 0 Å². The number of aromatic nitrogens is 2. The molecule has 0 fully saturated rings. The van der Waals surface area contributed by atoms with Crippen LogP contribution in [-0.2, 0) is 4.79 Å². The van der Waals surface area contributed by atoms with Crippen LogP contribution in [-0.4, -0.2) is 22.5 Å². The molecule has 0 bridgehead atoms. The van der Waals surface area contributed by atoms with Crippen LogP contribution in [0.5, 0.6) is 5.88 Å². The smallest absolute Gasteiger partial charge is 0.262 e. The van der Waals surface area contributed by atoms with Crippen LogP contribution >= 0.6 is 23.2 Å². The molecule has 0 spiro atoms. The van der Waals surface area contributed by atoms with Gasteiger partial charge < -0.3 is 10.1 Å². The molecule has 0 radical (unpaired) electrons. The molecule has 0 atom stereocenters. The SMILES string of the molecule is Cc1cc(OCC(=O)Nc2ccc(Cl)cc2Cl)nc(-c2ccc(F)cc2)n1. The Morgan fingerprint density at radius 2 is 1.85 bits per heavy atom. The van der Waals surface area contributed by atoms with Crippen LogP contribution in [0, 0.1) is 12.7 Å². The molecule has 0 aliphatic heterocycles. The first-order valence-corrected chi connectivity index (χ1v) is 8.65. The fourth-order valence-electron chi connectivity index (χ4n) is 2.26. The molecule has 0 aliphatic carbocycles. The molecule has 5 nitrogen and oxygen atoms in total. The van der Waals surface area contributed by atoms with E-state index >= 15 is 0 Å². The summed E-state index contributed by atoms with van der Waals surface area (Å²) in [4.78, 5) is 20.7. The van der Waals surface area contributed by atoms with Gasteiger partial charge in [0, 0.05) is 22.3 Å². The Labute approximate surface area is 165 Å². The average molecular weight is 406 g/mol. The fourth-order valence-corrected chi connectivity index (χ4v) is 2.71. The zero-order valence-electron chi connectivity index (χ0n) is 14.2. The van der Waals surface area contributed by atoms with Gasteiger partial charge >= 0.3 is 0 Å². The van der Waals surface area contributed by atoms with Gasteiger partial charge in [-0.3, -0.25) is 4.79 Å². The molecule has 1 N–H and O–H groups in total. The quantitative estimate of drug-likeness (QED) is 0.654. The molecule has 0 saturated carbocycles. The molecule has 1 amide bonds. The van der Waals surface area contributed by atoms with Gasteiger partial charge in [0.2, 0.25) is 5.88 Å². The van der Waals surface area contributed by atoms with E-state index in [9.17, 15) is 9.18 Å². The lowest BCUT2D eigenvalue weighted by atomic mass is 10.2. The van der Waals surface area contributed by atoms with E-state index in [1.165, 1.54) is 18.2 Å². The maximum atomic E-state index is 13.1. The van der Waals surface area contributed by atoms with Crippen LogP contribution in [0.1, 0.15) is 5.69 Å². The average Bonchev–Trinajstić information content (AvgIpc) is 2.62. The maximum absolute atomic E-state index is 13.1. The number of amides is 1. The number of aryl methyl sites for hydroxylation is 1. The highest BCUT2D eigenvalue weighted by Crippen LogP contribution is 2.25. The topological polar surface area (TPSA) is 64.1 Å². The number of ether oxygens (including phenoxy) is 1. The van der Waals surface area contributed by atoms with E-state index in [2.05, 4.69) is 15.3 Å². The van der Waals surface area contributed by atoms with Gasteiger partial charge in [-0.2, -0.15) is 4.98 Å². The number of hydrogen-bond donors (Lipinski definition) is 1. The summed E-state index contributed by atoms with van der Waals surface area (Å²) in [6.45, 7) is 1.51. The summed E-state index contributed by atoms with van der Waals surface area (Å²) in [5.41, 5.74) is 1.73. The minimum absolute atomic E-state index is 0.235. The maximum Gasteiger partial charge on any atom is 0.262 e. The summed E-state index contributed by atoms with van der Waals surface area (Å²) >= 11 is 11.9. The molecule has 138 valence electrons. The van der Waals surface area contributed by atoms with Crippen molar-refractivity contribution < 1.29 is 13.9 Å². The highest BCUT2D eigenvalue weighted by molar-refractivity contribution is 6.36. The molecule has 8 heteroatoms. The van der Waals surface area contributed by atoms with Crippen LogP contribution in [0.25, 0.3) is 11.4 Å². The number of carbonyl (C=O) groups is 1. The van der Waals surface area contributed by atoms with Gasteiger partial charge in [0.15, 0.2) is 12.4 Å². The van der Waals surface area contributed by atoms with E-state index in [1.54, 1.807) is 37.3 Å². The minimum Gasteiger partial charge on any atom is -0.467 e. The molecule has 27 heavy (non-hydrogen) atoms. The van der Waals surface area contributed by atoms with Crippen molar-refractivity contribution in [2.24, 2.45) is 0 Å². The predicted molar refractivity (Wildman–Crippen MR) is 103 cm³/mol. The van der Waals surface area contributed by atoms with Crippen molar-refractivity contribution in [1.82, 2.24) is 9.97 Å². The molecule has 0 aliphatic rings. The Hall–Kier alpha value is -2.70. The lowest BCUT2D eigenvalue weighted by Gasteiger charge is -2.10. The third-order valence-corrected chi connectivity index (χ3v) is 4.04. The third-order valence-electron chi connectivity index (χ3n) is 3.49. The first kappa shape index (κ1) is 19.1. The van der Waals surface area contributed by atoms with E-state index in [1.807, 2.05) is 0 Å². The largest absolute Gasteiger partial charge is 0.467 e. The molecule has 2 aromatic carbocycles. The summed E-state index contributed by atoms with van der Waals surface area (Å²) in [6.07, 6.45) is 0. The zero-order chi connectivity index (χ0) is 19.4. The van der Waals surface area contributed by atoms with Crippen LogP contribution in [0.15, 0.2) is 48.5 Å². The Bertz CT molecular complexity index is 981. The van der Waals surface area contributed by atoms with Crippen molar-refractivity contribution in [2.75, 3.05) is 11.9 Å². The van der Waals surface area contributed by atoms with Gasteiger partial charge in [0.1, 0.15) is 5.82 Å². The van der Waals surface area contributed by atoms with E-state index in [0.29, 0.717) is 32.8 Å². The molecule has 0 saturated heterocycles. The second-order valence-corrected chi connectivity index (χ2v) is 6.48. The van der Waals surface area contributed by atoms with Crippen molar-refractivity contribution in [3.05, 3.63) is 70.1 Å². The molecular weight excluding hydrogens is 392 g/mol. The summed E-state index contributed by atoms with van der Waals surface area (Å²) in [7, 11) is 0. The monoisotopic (exact) mass is 405 g/mol. The lowest BCUT2D eigenvalue weighted by Crippen LogP contribution is -2.20. The van der Waals surface area contributed by atoms with E-state index in [0.717, 1.165) is 0 Å². The van der Waals surface area contributed by atoms with Crippen molar-refractivity contribution in [3.8, 4) is 17.3 Å². The highest BCUT2D eigenvalue weighted by atomic mass is 35.5. The number of anilines is 1. The van der Waals surface area contributed by atoms with E-state index in [4.69, 9.17) is 27.9 Å². The first-order valence-electron chi connectivity index (χ1n) is 7.90. The van der Waals surface area contributed by atoms with Crippen LogP contribution < -0.4 is 10.1 Å². The summed E-state index contributed by atoms with van der Waals surface area (Å²) in [5.74, 6) is -0.135. The number of benzene rings is 2. The Morgan fingerprint density at radius 1 is 1.11 bits per heavy atom. The normalized spacial score (nSPS) is 10.5. The third kappa shape index (κ3) is 5.15. The summed E-state index contributed by atoms with van der Waals surface area (Å²) in [6, 6.07) is 12.1. The molecule has 3 rings (SSSR count). The summed E-state index contributed by atoms with van der Waals surface area (Å²) in [5, 5.41) is 3.43. The lowest BCUT2D eigenvalue weighted by molar-refractivity contribution is -0.118. The molecular formula is C19H14Cl2FN3O2. The number of hydrogen-bond acceptors (Lipinski definition) is 4. The van der Waals surface area contributed by atoms with Gasteiger partial charge in [0.05, 0.1) is 10.7 Å². The number of rotatable bonds is 5. The Morgan fingerprint density at radius 3 is 2.56 bits per heavy atom. The van der Waals surface area contributed by atoms with Crippen molar-refractivity contribution >= 4 is 34.8 Å². The molecule has 0 unspecified atom stereocenters. The minimum atomic E-state index is -0.404. The van der Waals surface area contributed by atoms with Gasteiger partial charge in [0.25, 0.3) is 5.91 Å². The Balaban J connectivity index is 1.68. The summed E-state index contributed by atoms with van der Waals surface area (Å²) < 4.78 is 18.5. The van der Waals surface area contributed by atoms with Gasteiger partial charge in [-0.15, -0.1) is 0 Å². The van der Waals surface area contributed by atoms with Crippen molar-refractivity contribution in [2.45, 2.75) is 6.92 Å². The molecule has 1 heterocycles. The number of carbonyl (C=O) groups excluding carboxylic acids is 1. The van der Waals surface area contributed by atoms with Gasteiger partial charge in [-0.05, 0) is 49.4 Å². The van der Waals surface area contributed by atoms with Crippen LogP contribution in [0.3, 0.4) is 0 Å². The highest BCUT2D eigenvalue weighted by Gasteiger charge is 2.10. The van der Waals surface area contributed by atoms with Gasteiger partial charge in [-0.1, -0.05) is 23.2 Å². The molecule has 1 aromatic heterocycles. The second kappa shape index (κ2) is 8.33. The van der Waals surface area contributed by atoms with E-state index < -0.39 is 5.91 Å². The number of halogens is 3. The van der Waals surface area contributed by atoms with E-state index in [-0.39, 0.29) is 18.3 Å². The van der Waals surface area contributed by atoms with Crippen molar-refractivity contribution in [1.29, 1.82) is 0 Å². The predicted octanol–water partition coefficient (Wildman–Crippen LogP) is 4.92. The molecule has 3 aromatic rings. The van der Waals surface area contributed by atoms with Gasteiger partial charge in [-0.25, -0.2) is 9.37 Å². The fraction of sp³-hybridized carbons (Fsp3) is 0.105. The number of nitrogens with one attached hydrogen (secondary N) is 1. The second-order valence-electron chi connectivity index (χ2n) is 5.64. The van der Waals surface area contributed by atoms with Crippen LogP contribution in [0.4, 0.5) is 10.1 Å². The van der Waals surface area contributed by atoms with Crippen LogP contribution in [0.2, 0.25) is 10.0 Å². The number of nitrogens with zero attached hydrogens (tertiary/aromatic N) is 2. The zero-order valence-corrected chi connectivity index (χ0v) is 15.7. The standard InChI is InChI=1S/C19H14Cl2FN3O2/c1-11-8-18(25-19(23-11)12-2-5-14(22)6-3-12)27-10-17(26)24-16-7-4-13(20)9-15(16)21/h2-9H,10H2,1H3,(H,24,26).